The maximum atomic E-state index is 13.7. The van der Waals surface area contributed by atoms with E-state index < -0.39 is 5.60 Å². The second-order valence-corrected chi connectivity index (χ2v) is 10.3. The van der Waals surface area contributed by atoms with Gasteiger partial charge in [-0.1, -0.05) is 49.4 Å². The second kappa shape index (κ2) is 7.64. The molecule has 5 heteroatoms. The van der Waals surface area contributed by atoms with Gasteiger partial charge in [0, 0.05) is 0 Å². The van der Waals surface area contributed by atoms with Gasteiger partial charge in [-0.25, -0.2) is 4.79 Å². The first-order valence-corrected chi connectivity index (χ1v) is 11.7. The topological polar surface area (TPSA) is 67.6 Å². The fourth-order valence-electron chi connectivity index (χ4n) is 5.88. The first-order chi connectivity index (χ1) is 15.4. The molecule has 0 radical (unpaired) electrons. The second-order valence-electron chi connectivity index (χ2n) is 10.3. The number of hydrogen-bond acceptors (Lipinski definition) is 3. The van der Waals surface area contributed by atoms with Crippen LogP contribution in [0.3, 0.4) is 0 Å². The predicted octanol–water partition coefficient (Wildman–Crippen LogP) is 4.99. The van der Waals surface area contributed by atoms with Gasteiger partial charge < -0.3 is 10.0 Å². The molecule has 1 aliphatic heterocycles. The van der Waals surface area contributed by atoms with Crippen LogP contribution in [0, 0.1) is 11.3 Å². The third-order valence-corrected chi connectivity index (χ3v) is 8.29. The van der Waals surface area contributed by atoms with E-state index >= 15 is 0 Å². The quantitative estimate of drug-likeness (QED) is 0.745. The molecule has 2 saturated carbocycles. The van der Waals surface area contributed by atoms with Gasteiger partial charge in [0.1, 0.15) is 6.07 Å². The smallest absolute Gasteiger partial charge is 0.325 e. The van der Waals surface area contributed by atoms with E-state index in [1.165, 1.54) is 5.56 Å². The Morgan fingerprint density at radius 1 is 0.969 bits per heavy atom. The summed E-state index contributed by atoms with van der Waals surface area (Å²) in [5.74, 6) is 0. The van der Waals surface area contributed by atoms with Gasteiger partial charge in [-0.2, -0.15) is 5.26 Å². The molecular weight excluding hydrogens is 398 g/mol. The lowest BCUT2D eigenvalue weighted by Crippen LogP contribution is -2.58. The van der Waals surface area contributed by atoms with Crippen LogP contribution in [-0.2, 0) is 5.41 Å². The summed E-state index contributed by atoms with van der Waals surface area (Å²) in [6.45, 7) is 3.29. The van der Waals surface area contributed by atoms with Gasteiger partial charge in [0.05, 0.1) is 35.5 Å². The van der Waals surface area contributed by atoms with Crippen LogP contribution in [0.15, 0.2) is 54.6 Å². The van der Waals surface area contributed by atoms with Gasteiger partial charge in [0.15, 0.2) is 0 Å². The predicted molar refractivity (Wildman–Crippen MR) is 124 cm³/mol. The molecule has 5 rings (SSSR count). The zero-order valence-corrected chi connectivity index (χ0v) is 18.8. The first kappa shape index (κ1) is 21.0. The van der Waals surface area contributed by atoms with Crippen LogP contribution in [0.4, 0.5) is 10.5 Å². The number of nitriles is 1. The number of amides is 2. The highest BCUT2D eigenvalue weighted by molar-refractivity contribution is 5.96. The zero-order valence-electron chi connectivity index (χ0n) is 18.8. The lowest BCUT2D eigenvalue weighted by atomic mass is 9.64. The number of carbonyl (C=O) groups is 1. The molecule has 2 aromatic rings. The summed E-state index contributed by atoms with van der Waals surface area (Å²) in [6, 6.07) is 20.2. The summed E-state index contributed by atoms with van der Waals surface area (Å²) in [4.78, 5) is 17.5. The highest BCUT2D eigenvalue weighted by Crippen LogP contribution is 2.49. The van der Waals surface area contributed by atoms with Crippen molar-refractivity contribution in [2.24, 2.45) is 0 Å². The number of aliphatic hydroxyl groups is 1. The summed E-state index contributed by atoms with van der Waals surface area (Å²) in [7, 11) is 0. The molecule has 2 amide bonds. The highest BCUT2D eigenvalue weighted by atomic mass is 16.3. The number of benzene rings is 2. The Morgan fingerprint density at radius 2 is 1.62 bits per heavy atom. The fraction of sp³-hybridized carbons (Fsp3) is 0.481. The van der Waals surface area contributed by atoms with Crippen molar-refractivity contribution in [3.8, 4) is 6.07 Å². The number of anilines is 1. The first-order valence-electron chi connectivity index (χ1n) is 11.7. The van der Waals surface area contributed by atoms with Crippen LogP contribution in [0.2, 0.25) is 0 Å². The van der Waals surface area contributed by atoms with Crippen LogP contribution < -0.4 is 4.90 Å². The lowest BCUT2D eigenvalue weighted by Gasteiger charge is -2.49. The van der Waals surface area contributed by atoms with Crippen molar-refractivity contribution >= 4 is 11.7 Å². The molecule has 166 valence electrons. The van der Waals surface area contributed by atoms with E-state index in [0.717, 1.165) is 44.9 Å². The van der Waals surface area contributed by atoms with Gasteiger partial charge >= 0.3 is 6.03 Å². The van der Waals surface area contributed by atoms with Gasteiger partial charge in [0.25, 0.3) is 0 Å². The Morgan fingerprint density at radius 3 is 2.25 bits per heavy atom. The summed E-state index contributed by atoms with van der Waals surface area (Å²) in [6.07, 6.45) is 6.29. The number of para-hydroxylation sites is 1. The summed E-state index contributed by atoms with van der Waals surface area (Å²) < 4.78 is 0. The molecule has 3 aliphatic rings. The average Bonchev–Trinajstić information content (AvgIpc) is 3.07. The molecule has 0 atom stereocenters. The molecule has 1 N–H and O–H groups in total. The number of rotatable bonds is 4. The number of carbonyl (C=O) groups excluding carboxylic acids is 1. The molecule has 0 bridgehead atoms. The molecule has 1 saturated heterocycles. The standard InChI is InChI=1S/C27H31N3O2/c1-25(22-9-3-2-4-10-22)14-16-26(17-15-25)19-29(23-11-6-5-8-21(23)18-28)24(31)30(26)20-27(32)12-7-13-27/h2-6,8-11,32H,7,12-17,19-20H2,1H3. The molecule has 0 unspecified atom stereocenters. The average molecular weight is 430 g/mol. The van der Waals surface area contributed by atoms with Crippen LogP contribution in [0.25, 0.3) is 0 Å². The SMILES string of the molecule is CC1(c2ccccc2)CCC2(CC1)CN(c1ccccc1C#N)C(=O)N2CC1(O)CCC1. The largest absolute Gasteiger partial charge is 0.388 e. The third-order valence-electron chi connectivity index (χ3n) is 8.29. The van der Waals surface area contributed by atoms with Gasteiger partial charge in [0.2, 0.25) is 0 Å². The van der Waals surface area contributed by atoms with Crippen LogP contribution in [-0.4, -0.2) is 40.3 Å². The number of nitrogens with zero attached hydrogens (tertiary/aromatic N) is 3. The Labute approximate surface area is 190 Å². The normalized spacial score (nSPS) is 29.1. The van der Waals surface area contributed by atoms with E-state index in [2.05, 4.69) is 43.3 Å². The summed E-state index contributed by atoms with van der Waals surface area (Å²) in [5.41, 5.74) is 1.57. The minimum Gasteiger partial charge on any atom is -0.388 e. The maximum absolute atomic E-state index is 13.7. The van der Waals surface area contributed by atoms with E-state index in [0.29, 0.717) is 24.3 Å². The summed E-state index contributed by atoms with van der Waals surface area (Å²) in [5, 5.41) is 20.6. The van der Waals surface area contributed by atoms with Crippen LogP contribution >= 0.6 is 0 Å². The molecule has 5 nitrogen and oxygen atoms in total. The Kier molecular flexibility index (Phi) is 5.02. The molecule has 3 fully saturated rings. The molecule has 32 heavy (non-hydrogen) atoms. The van der Waals surface area contributed by atoms with Crippen LogP contribution in [0.1, 0.15) is 63.0 Å². The van der Waals surface area contributed by atoms with E-state index in [4.69, 9.17) is 0 Å². The van der Waals surface area contributed by atoms with Crippen molar-refractivity contribution in [1.82, 2.24) is 4.90 Å². The third kappa shape index (κ3) is 3.38. The molecular formula is C27H31N3O2. The number of urea groups is 1. The van der Waals surface area contributed by atoms with Gasteiger partial charge in [-0.05, 0) is 68.1 Å². The fourth-order valence-corrected chi connectivity index (χ4v) is 5.88. The molecule has 1 heterocycles. The van der Waals surface area contributed by atoms with Gasteiger partial charge in [-0.15, -0.1) is 0 Å². The van der Waals surface area contributed by atoms with Crippen molar-refractivity contribution < 1.29 is 9.90 Å². The Hall–Kier alpha value is -2.84. The Balaban J connectivity index is 1.47. The van der Waals surface area contributed by atoms with E-state index in [1.807, 2.05) is 23.1 Å². The lowest BCUT2D eigenvalue weighted by molar-refractivity contribution is -0.0681. The Bertz CT molecular complexity index is 1050. The molecule has 2 aliphatic carbocycles. The molecule has 2 aromatic carbocycles. The highest BCUT2D eigenvalue weighted by Gasteiger charge is 2.55. The van der Waals surface area contributed by atoms with Crippen molar-refractivity contribution in [3.05, 3.63) is 65.7 Å². The summed E-state index contributed by atoms with van der Waals surface area (Å²) >= 11 is 0. The maximum Gasteiger partial charge on any atom is 0.325 e. The van der Waals surface area contributed by atoms with E-state index in [-0.39, 0.29) is 17.0 Å². The monoisotopic (exact) mass is 429 g/mol. The molecule has 0 aromatic heterocycles. The van der Waals surface area contributed by atoms with Gasteiger partial charge in [-0.3, -0.25) is 4.90 Å². The van der Waals surface area contributed by atoms with Crippen LogP contribution in [0.5, 0.6) is 0 Å². The number of β-amino-alcohol motifs (C(OH)–C–C–N with tert-alkyl or cyclic N) is 1. The molecule has 1 spiro atoms. The van der Waals surface area contributed by atoms with E-state index in [1.54, 1.807) is 11.0 Å². The van der Waals surface area contributed by atoms with Crippen molar-refractivity contribution in [2.45, 2.75) is 68.4 Å². The van der Waals surface area contributed by atoms with Crippen molar-refractivity contribution in [2.75, 3.05) is 18.0 Å². The van der Waals surface area contributed by atoms with Crippen molar-refractivity contribution in [3.63, 3.8) is 0 Å². The zero-order chi connectivity index (χ0) is 22.4. The minimum absolute atomic E-state index is 0.0728. The minimum atomic E-state index is -0.770. The van der Waals surface area contributed by atoms with E-state index in [9.17, 15) is 15.2 Å². The number of hydrogen-bond donors (Lipinski definition) is 1. The van der Waals surface area contributed by atoms with Crippen molar-refractivity contribution in [1.29, 1.82) is 5.26 Å².